The van der Waals surface area contributed by atoms with Crippen LogP contribution in [0.4, 0.5) is 13.2 Å². The van der Waals surface area contributed by atoms with Crippen LogP contribution in [0.5, 0.6) is 0 Å². The van der Waals surface area contributed by atoms with Gasteiger partial charge in [0.1, 0.15) is 0 Å². The van der Waals surface area contributed by atoms with E-state index in [2.05, 4.69) is 0 Å². The van der Waals surface area contributed by atoms with Crippen molar-refractivity contribution in [3.8, 4) is 0 Å². The molecule has 130 valence electrons. The average molecular weight is 347 g/mol. The van der Waals surface area contributed by atoms with Gasteiger partial charge in [-0.05, 0) is 24.1 Å². The summed E-state index contributed by atoms with van der Waals surface area (Å²) < 4.78 is 39.4. The van der Waals surface area contributed by atoms with Crippen molar-refractivity contribution in [2.75, 3.05) is 0 Å². The number of carbonyl (C=O) groups is 2. The van der Waals surface area contributed by atoms with Crippen molar-refractivity contribution in [2.24, 2.45) is 0 Å². The molecule has 2 aromatic rings. The van der Waals surface area contributed by atoms with E-state index in [4.69, 9.17) is 0 Å². The van der Waals surface area contributed by atoms with Gasteiger partial charge in [-0.1, -0.05) is 48.5 Å². The Hall–Kier alpha value is -2.63. The summed E-state index contributed by atoms with van der Waals surface area (Å²) in [6.07, 6.45) is -5.84. The van der Waals surface area contributed by atoms with Gasteiger partial charge < -0.3 is 0 Å². The lowest BCUT2D eigenvalue weighted by Crippen LogP contribution is -2.54. The van der Waals surface area contributed by atoms with E-state index in [-0.39, 0.29) is 17.7 Å². The van der Waals surface area contributed by atoms with Crippen LogP contribution in [-0.2, 0) is 16.8 Å². The molecule has 1 aliphatic rings. The molecule has 0 saturated heterocycles. The maximum absolute atomic E-state index is 13.1. The first-order valence-corrected chi connectivity index (χ1v) is 7.79. The third-order valence-corrected chi connectivity index (χ3v) is 4.45. The molecule has 1 heterocycles. The average Bonchev–Trinajstić information content (AvgIpc) is 2.57. The summed E-state index contributed by atoms with van der Waals surface area (Å²) in [5.74, 6) is -1.39. The minimum absolute atomic E-state index is 0.0553. The maximum Gasteiger partial charge on any atom is 0.390 e. The Morgan fingerprint density at radius 3 is 2.20 bits per heavy atom. The summed E-state index contributed by atoms with van der Waals surface area (Å²) in [4.78, 5) is 26.5. The van der Waals surface area contributed by atoms with Crippen LogP contribution in [0.25, 0.3) is 0 Å². The molecular weight excluding hydrogens is 331 g/mol. The highest BCUT2D eigenvalue weighted by molar-refractivity contribution is 6.13. The van der Waals surface area contributed by atoms with Crippen LogP contribution in [0.1, 0.15) is 34.8 Å². The molecule has 0 N–H and O–H groups in total. The molecule has 6 heteroatoms. The minimum Gasteiger partial charge on any atom is -0.273 e. The predicted molar refractivity (Wildman–Crippen MR) is 85.8 cm³/mol. The number of halogens is 3. The molecule has 25 heavy (non-hydrogen) atoms. The fraction of sp³-hybridized carbons (Fsp3) is 0.263. The Kier molecular flexibility index (Phi) is 4.14. The Balaban J connectivity index is 2.08. The third kappa shape index (κ3) is 3.16. The van der Waals surface area contributed by atoms with Gasteiger partial charge in [0.15, 0.2) is 0 Å². The molecule has 0 aromatic heterocycles. The van der Waals surface area contributed by atoms with Crippen LogP contribution in [0.3, 0.4) is 0 Å². The van der Waals surface area contributed by atoms with Crippen LogP contribution in [0.15, 0.2) is 54.6 Å². The number of nitrogens with zero attached hydrogens (tertiary/aromatic N) is 1. The second-order valence-corrected chi connectivity index (χ2v) is 6.35. The van der Waals surface area contributed by atoms with Crippen molar-refractivity contribution in [1.29, 1.82) is 0 Å². The van der Waals surface area contributed by atoms with Gasteiger partial charge in [0.05, 0.1) is 18.4 Å². The monoisotopic (exact) mass is 347 g/mol. The van der Waals surface area contributed by atoms with Gasteiger partial charge in [-0.15, -0.1) is 0 Å². The number of alkyl halides is 3. The van der Waals surface area contributed by atoms with Crippen LogP contribution >= 0.6 is 0 Å². The number of carbonyl (C=O) groups excluding carboxylic acids is 2. The smallest absolute Gasteiger partial charge is 0.273 e. The zero-order chi connectivity index (χ0) is 18.2. The molecule has 0 saturated carbocycles. The van der Waals surface area contributed by atoms with Gasteiger partial charge in [0, 0.05) is 5.56 Å². The summed E-state index contributed by atoms with van der Waals surface area (Å²) in [6.45, 7) is 1.20. The molecule has 3 nitrogen and oxygen atoms in total. The lowest BCUT2D eigenvalue weighted by molar-refractivity contribution is -0.162. The van der Waals surface area contributed by atoms with Gasteiger partial charge in [-0.2, -0.15) is 13.2 Å². The number of rotatable bonds is 3. The molecule has 0 bridgehead atoms. The maximum atomic E-state index is 13.1. The van der Waals surface area contributed by atoms with Gasteiger partial charge in [-0.25, -0.2) is 0 Å². The molecule has 0 spiro atoms. The number of hydrogen-bond acceptors (Lipinski definition) is 2. The number of imide groups is 1. The number of fused-ring (bicyclic) bond motifs is 1. The topological polar surface area (TPSA) is 37.4 Å². The Morgan fingerprint density at radius 1 is 0.960 bits per heavy atom. The lowest BCUT2D eigenvalue weighted by Gasteiger charge is -2.40. The standard InChI is InChI=1S/C19H16F3NO2/c1-18(12-19(20,21)22)15-10-6-5-9-14(15)16(24)23(17(18)25)11-13-7-3-2-4-8-13/h2-10H,11-12H2,1H3. The van der Waals surface area contributed by atoms with Crippen molar-refractivity contribution in [3.05, 3.63) is 71.3 Å². The molecule has 0 fully saturated rings. The van der Waals surface area contributed by atoms with E-state index in [9.17, 15) is 22.8 Å². The highest BCUT2D eigenvalue weighted by Crippen LogP contribution is 2.42. The summed E-state index contributed by atoms with van der Waals surface area (Å²) in [5, 5.41) is 0. The van der Waals surface area contributed by atoms with E-state index < -0.39 is 29.8 Å². The predicted octanol–water partition coefficient (Wildman–Crippen LogP) is 4.08. The van der Waals surface area contributed by atoms with Crippen molar-refractivity contribution in [2.45, 2.75) is 31.5 Å². The summed E-state index contributed by atoms with van der Waals surface area (Å²) in [6, 6.07) is 14.8. The molecule has 1 atom stereocenters. The second-order valence-electron chi connectivity index (χ2n) is 6.35. The number of hydrogen-bond donors (Lipinski definition) is 0. The quantitative estimate of drug-likeness (QED) is 0.785. The molecule has 1 aliphatic heterocycles. The molecule has 3 rings (SSSR count). The number of amides is 2. The first kappa shape index (κ1) is 17.2. The normalized spacial score (nSPS) is 20.6. The zero-order valence-corrected chi connectivity index (χ0v) is 13.5. The van der Waals surface area contributed by atoms with Gasteiger partial charge in [0.25, 0.3) is 5.91 Å². The lowest BCUT2D eigenvalue weighted by atomic mass is 9.73. The van der Waals surface area contributed by atoms with E-state index >= 15 is 0 Å². The molecule has 2 aromatic carbocycles. The van der Waals surface area contributed by atoms with E-state index in [0.717, 1.165) is 4.90 Å². The fourth-order valence-corrected chi connectivity index (χ4v) is 3.28. The highest BCUT2D eigenvalue weighted by Gasteiger charge is 2.52. The molecular formula is C19H16F3NO2. The van der Waals surface area contributed by atoms with E-state index in [1.165, 1.54) is 19.1 Å². The first-order valence-electron chi connectivity index (χ1n) is 7.79. The molecule has 0 aliphatic carbocycles. The highest BCUT2D eigenvalue weighted by atomic mass is 19.4. The Labute approximate surface area is 143 Å². The van der Waals surface area contributed by atoms with E-state index in [0.29, 0.717) is 5.56 Å². The van der Waals surface area contributed by atoms with Crippen molar-refractivity contribution < 1.29 is 22.8 Å². The summed E-state index contributed by atoms with van der Waals surface area (Å²) >= 11 is 0. The molecule has 0 radical (unpaired) electrons. The van der Waals surface area contributed by atoms with Crippen LogP contribution < -0.4 is 0 Å². The van der Waals surface area contributed by atoms with E-state index in [1.54, 1.807) is 42.5 Å². The second kappa shape index (κ2) is 6.02. The van der Waals surface area contributed by atoms with Crippen molar-refractivity contribution in [3.63, 3.8) is 0 Å². The van der Waals surface area contributed by atoms with Crippen LogP contribution in [0.2, 0.25) is 0 Å². The Morgan fingerprint density at radius 2 is 1.56 bits per heavy atom. The largest absolute Gasteiger partial charge is 0.390 e. The minimum atomic E-state index is -4.53. The Bertz CT molecular complexity index is 817. The third-order valence-electron chi connectivity index (χ3n) is 4.45. The SMILES string of the molecule is CC1(CC(F)(F)F)C(=O)N(Cc2ccccc2)C(=O)c2ccccc21. The van der Waals surface area contributed by atoms with Crippen LogP contribution in [0, 0.1) is 0 Å². The van der Waals surface area contributed by atoms with Gasteiger partial charge in [0.2, 0.25) is 5.91 Å². The van der Waals surface area contributed by atoms with Crippen molar-refractivity contribution in [1.82, 2.24) is 4.90 Å². The number of benzene rings is 2. The zero-order valence-electron chi connectivity index (χ0n) is 13.5. The van der Waals surface area contributed by atoms with Crippen molar-refractivity contribution >= 4 is 11.8 Å². The summed E-state index contributed by atoms with van der Waals surface area (Å²) in [5.41, 5.74) is -0.869. The van der Waals surface area contributed by atoms with Gasteiger partial charge >= 0.3 is 6.18 Å². The molecule has 1 unspecified atom stereocenters. The summed E-state index contributed by atoms with van der Waals surface area (Å²) in [7, 11) is 0. The van der Waals surface area contributed by atoms with Gasteiger partial charge in [-0.3, -0.25) is 14.5 Å². The van der Waals surface area contributed by atoms with Crippen LogP contribution in [-0.4, -0.2) is 22.9 Å². The van der Waals surface area contributed by atoms with E-state index in [1.807, 2.05) is 0 Å². The molecule has 2 amide bonds. The first-order chi connectivity index (χ1) is 11.7. The fourth-order valence-electron chi connectivity index (χ4n) is 3.28.